The van der Waals surface area contributed by atoms with Crippen LogP contribution in [0, 0.1) is 0 Å². The molecule has 4 heteroatoms. The molecule has 0 saturated heterocycles. The Morgan fingerprint density at radius 3 is 2.60 bits per heavy atom. The van der Waals surface area contributed by atoms with E-state index >= 15 is 0 Å². The minimum Gasteiger partial charge on any atom is -0.492 e. The van der Waals surface area contributed by atoms with E-state index in [-0.39, 0.29) is 6.04 Å². The smallest absolute Gasteiger partial charge is 0.141 e. The highest BCUT2D eigenvalue weighted by molar-refractivity contribution is 6.32. The zero-order valence-electron chi connectivity index (χ0n) is 12.7. The number of hydrogen-bond acceptors (Lipinski definition) is 3. The maximum Gasteiger partial charge on any atom is 0.141 e. The number of halogens is 1. The fraction of sp³-hybridized carbons (Fsp3) is 0.625. The average molecular weight is 300 g/mol. The summed E-state index contributed by atoms with van der Waals surface area (Å²) in [6.07, 6.45) is 2.66. The van der Waals surface area contributed by atoms with E-state index in [0.717, 1.165) is 36.1 Å². The molecule has 20 heavy (non-hydrogen) atoms. The van der Waals surface area contributed by atoms with Gasteiger partial charge in [-0.2, -0.15) is 0 Å². The molecule has 0 amide bonds. The number of benzene rings is 1. The molecule has 1 unspecified atom stereocenters. The summed E-state index contributed by atoms with van der Waals surface area (Å²) in [5, 5.41) is 0.647. The quantitative estimate of drug-likeness (QED) is 0.751. The Labute approximate surface area is 127 Å². The predicted octanol–water partition coefficient (Wildman–Crippen LogP) is 3.95. The lowest BCUT2D eigenvalue weighted by molar-refractivity contribution is 0.134. The van der Waals surface area contributed by atoms with E-state index in [9.17, 15) is 0 Å². The van der Waals surface area contributed by atoms with Crippen LogP contribution >= 0.6 is 11.6 Å². The van der Waals surface area contributed by atoms with Crippen LogP contribution in [-0.4, -0.2) is 19.3 Å². The van der Waals surface area contributed by atoms with Gasteiger partial charge in [-0.1, -0.05) is 25.4 Å². The van der Waals surface area contributed by atoms with E-state index in [1.165, 1.54) is 0 Å². The van der Waals surface area contributed by atoms with Crippen molar-refractivity contribution in [1.29, 1.82) is 0 Å². The van der Waals surface area contributed by atoms with Crippen LogP contribution in [-0.2, 0) is 17.8 Å². The van der Waals surface area contributed by atoms with E-state index < -0.39 is 0 Å². The number of ether oxygens (including phenoxy) is 2. The van der Waals surface area contributed by atoms with Gasteiger partial charge < -0.3 is 15.2 Å². The minimum absolute atomic E-state index is 0.123. The molecule has 1 rings (SSSR count). The van der Waals surface area contributed by atoms with E-state index in [1.807, 2.05) is 13.0 Å². The SMILES string of the molecule is CCCOc1c(Cl)cc(COCC)cc1CC(N)CC. The minimum atomic E-state index is 0.123. The Morgan fingerprint density at radius 2 is 2.00 bits per heavy atom. The standard InChI is InChI=1S/C16H26ClNO2/c1-4-7-20-16-13(10-14(18)5-2)8-12(9-15(16)17)11-19-6-3/h8-9,14H,4-7,10-11,18H2,1-3H3. The molecule has 0 bridgehead atoms. The molecule has 114 valence electrons. The van der Waals surface area contributed by atoms with Crippen LogP contribution in [0.5, 0.6) is 5.75 Å². The first kappa shape index (κ1) is 17.3. The maximum absolute atomic E-state index is 6.35. The first-order valence-corrected chi connectivity index (χ1v) is 7.77. The van der Waals surface area contributed by atoms with E-state index in [0.29, 0.717) is 24.8 Å². The Balaban J connectivity index is 3.00. The van der Waals surface area contributed by atoms with Crippen LogP contribution in [0.3, 0.4) is 0 Å². The van der Waals surface area contributed by atoms with Gasteiger partial charge in [0, 0.05) is 12.6 Å². The van der Waals surface area contributed by atoms with Crippen LogP contribution < -0.4 is 10.5 Å². The molecule has 0 saturated carbocycles. The molecule has 0 aromatic heterocycles. The van der Waals surface area contributed by atoms with Crippen molar-refractivity contribution in [3.63, 3.8) is 0 Å². The second-order valence-electron chi connectivity index (χ2n) is 4.92. The van der Waals surface area contributed by atoms with Crippen molar-refractivity contribution in [2.45, 2.75) is 52.7 Å². The molecule has 1 aromatic carbocycles. The van der Waals surface area contributed by atoms with Gasteiger partial charge >= 0.3 is 0 Å². The Morgan fingerprint density at radius 1 is 1.25 bits per heavy atom. The molecule has 0 spiro atoms. The topological polar surface area (TPSA) is 44.5 Å². The monoisotopic (exact) mass is 299 g/mol. The third-order valence-corrected chi connectivity index (χ3v) is 3.39. The fourth-order valence-electron chi connectivity index (χ4n) is 1.96. The molecule has 0 fully saturated rings. The lowest BCUT2D eigenvalue weighted by Crippen LogP contribution is -2.22. The van der Waals surface area contributed by atoms with Crippen LogP contribution in [0.4, 0.5) is 0 Å². The van der Waals surface area contributed by atoms with Crippen molar-refractivity contribution in [1.82, 2.24) is 0 Å². The normalized spacial score (nSPS) is 12.4. The van der Waals surface area contributed by atoms with E-state index in [1.54, 1.807) is 0 Å². The van der Waals surface area contributed by atoms with Crippen LogP contribution in [0.2, 0.25) is 5.02 Å². The van der Waals surface area contributed by atoms with Crippen LogP contribution in [0.1, 0.15) is 44.7 Å². The predicted molar refractivity (Wildman–Crippen MR) is 84.5 cm³/mol. The number of nitrogens with two attached hydrogens (primary N) is 1. The third kappa shape index (κ3) is 5.31. The van der Waals surface area contributed by atoms with Gasteiger partial charge in [0.2, 0.25) is 0 Å². The molecule has 0 aliphatic heterocycles. The van der Waals surface area contributed by atoms with Gasteiger partial charge in [0.05, 0.1) is 18.2 Å². The molecular weight excluding hydrogens is 274 g/mol. The molecule has 0 heterocycles. The zero-order chi connectivity index (χ0) is 15.0. The van der Waals surface area contributed by atoms with Gasteiger partial charge in [-0.15, -0.1) is 0 Å². The van der Waals surface area contributed by atoms with E-state index in [4.69, 9.17) is 26.8 Å². The van der Waals surface area contributed by atoms with Gasteiger partial charge in [0.25, 0.3) is 0 Å². The van der Waals surface area contributed by atoms with Crippen molar-refractivity contribution in [3.05, 3.63) is 28.3 Å². The summed E-state index contributed by atoms with van der Waals surface area (Å²) >= 11 is 6.35. The summed E-state index contributed by atoms with van der Waals surface area (Å²) in [5.41, 5.74) is 8.22. The zero-order valence-corrected chi connectivity index (χ0v) is 13.5. The van der Waals surface area contributed by atoms with Crippen LogP contribution in [0.25, 0.3) is 0 Å². The summed E-state index contributed by atoms with van der Waals surface area (Å²) in [7, 11) is 0. The van der Waals surface area contributed by atoms with Gasteiger partial charge in [0.15, 0.2) is 0 Å². The van der Waals surface area contributed by atoms with Crippen LogP contribution in [0.15, 0.2) is 12.1 Å². The lowest BCUT2D eigenvalue weighted by atomic mass is 10.0. The molecule has 0 aliphatic rings. The van der Waals surface area contributed by atoms with Gasteiger partial charge in [-0.05, 0) is 49.4 Å². The second kappa shape index (κ2) is 9.22. The summed E-state index contributed by atoms with van der Waals surface area (Å²) in [4.78, 5) is 0. The van der Waals surface area contributed by atoms with Gasteiger partial charge in [-0.25, -0.2) is 0 Å². The molecule has 2 N–H and O–H groups in total. The summed E-state index contributed by atoms with van der Waals surface area (Å²) in [5.74, 6) is 0.776. The van der Waals surface area contributed by atoms with Gasteiger partial charge in [-0.3, -0.25) is 0 Å². The van der Waals surface area contributed by atoms with Crippen molar-refractivity contribution in [3.8, 4) is 5.75 Å². The largest absolute Gasteiger partial charge is 0.492 e. The average Bonchev–Trinajstić information content (AvgIpc) is 2.44. The molecular formula is C16H26ClNO2. The van der Waals surface area contributed by atoms with Crippen molar-refractivity contribution < 1.29 is 9.47 Å². The molecule has 1 atom stereocenters. The highest BCUT2D eigenvalue weighted by atomic mass is 35.5. The van der Waals surface area contributed by atoms with Gasteiger partial charge in [0.1, 0.15) is 5.75 Å². The summed E-state index contributed by atoms with van der Waals surface area (Å²) < 4.78 is 11.2. The van der Waals surface area contributed by atoms with Crippen molar-refractivity contribution in [2.75, 3.05) is 13.2 Å². The number of rotatable bonds is 9. The molecule has 3 nitrogen and oxygen atoms in total. The lowest BCUT2D eigenvalue weighted by Gasteiger charge is -2.17. The Hall–Kier alpha value is -0.770. The Kier molecular flexibility index (Phi) is 7.97. The highest BCUT2D eigenvalue weighted by Gasteiger charge is 2.13. The Bertz CT molecular complexity index is 410. The molecule has 0 radical (unpaired) electrons. The van der Waals surface area contributed by atoms with E-state index in [2.05, 4.69) is 19.9 Å². The number of hydrogen-bond donors (Lipinski definition) is 1. The maximum atomic E-state index is 6.35. The first-order valence-electron chi connectivity index (χ1n) is 7.39. The summed E-state index contributed by atoms with van der Waals surface area (Å²) in [6, 6.07) is 4.14. The first-order chi connectivity index (χ1) is 9.62. The second-order valence-corrected chi connectivity index (χ2v) is 5.33. The molecule has 1 aromatic rings. The molecule has 0 aliphatic carbocycles. The highest BCUT2D eigenvalue weighted by Crippen LogP contribution is 2.32. The van der Waals surface area contributed by atoms with Crippen molar-refractivity contribution >= 4 is 11.6 Å². The van der Waals surface area contributed by atoms with Crippen molar-refractivity contribution in [2.24, 2.45) is 5.73 Å². The third-order valence-electron chi connectivity index (χ3n) is 3.11. The summed E-state index contributed by atoms with van der Waals surface area (Å²) in [6.45, 7) is 8.07. The fourth-order valence-corrected chi connectivity index (χ4v) is 2.28.